The first-order valence-corrected chi connectivity index (χ1v) is 7.99. The zero-order valence-electron chi connectivity index (χ0n) is 14.9. The van der Waals surface area contributed by atoms with E-state index in [1.807, 2.05) is 6.92 Å². The number of carbonyl (C=O) groups is 2. The van der Waals surface area contributed by atoms with E-state index in [-0.39, 0.29) is 5.56 Å². The fourth-order valence-corrected chi connectivity index (χ4v) is 2.18. The zero-order valence-corrected chi connectivity index (χ0v) is 14.9. The van der Waals surface area contributed by atoms with Crippen molar-refractivity contribution in [2.45, 2.75) is 6.92 Å². The van der Waals surface area contributed by atoms with Gasteiger partial charge in [-0.05, 0) is 37.3 Å². The third-order valence-electron chi connectivity index (χ3n) is 3.39. The van der Waals surface area contributed by atoms with Gasteiger partial charge in [-0.15, -0.1) is 0 Å². The van der Waals surface area contributed by atoms with Crippen molar-refractivity contribution in [2.75, 3.05) is 32.8 Å². The molecule has 1 N–H and O–H groups in total. The Hall–Kier alpha value is -3.22. The topological polar surface area (TPSA) is 83.1 Å². The van der Waals surface area contributed by atoms with Crippen molar-refractivity contribution in [3.05, 3.63) is 48.0 Å². The summed E-state index contributed by atoms with van der Waals surface area (Å²) >= 11 is 0. The highest BCUT2D eigenvalue weighted by Crippen LogP contribution is 2.28. The molecule has 0 saturated carbocycles. The molecule has 26 heavy (non-hydrogen) atoms. The fraction of sp³-hybridized carbons (Fsp3) is 0.263. The molecule has 2 rings (SSSR count). The molecule has 0 heterocycles. The van der Waals surface area contributed by atoms with Gasteiger partial charge in [-0.1, -0.05) is 6.07 Å². The van der Waals surface area contributed by atoms with Gasteiger partial charge >= 0.3 is 5.97 Å². The summed E-state index contributed by atoms with van der Waals surface area (Å²) in [6.45, 7) is 1.92. The number of rotatable bonds is 8. The summed E-state index contributed by atoms with van der Waals surface area (Å²) in [4.78, 5) is 24.1. The Kier molecular flexibility index (Phi) is 6.84. The fourth-order valence-electron chi connectivity index (χ4n) is 2.18. The molecule has 0 fully saturated rings. The molecule has 0 saturated heterocycles. The van der Waals surface area contributed by atoms with E-state index in [4.69, 9.17) is 18.9 Å². The Labute approximate surface area is 151 Å². The number of ether oxygens (including phenoxy) is 4. The summed E-state index contributed by atoms with van der Waals surface area (Å²) < 4.78 is 20.7. The van der Waals surface area contributed by atoms with Crippen LogP contribution >= 0.6 is 0 Å². The second kappa shape index (κ2) is 9.31. The van der Waals surface area contributed by atoms with Crippen molar-refractivity contribution >= 4 is 17.6 Å². The molecule has 7 heteroatoms. The number of nitrogens with one attached hydrogen (secondary N) is 1. The van der Waals surface area contributed by atoms with Crippen LogP contribution in [0.3, 0.4) is 0 Å². The molecule has 2 aromatic rings. The van der Waals surface area contributed by atoms with Crippen LogP contribution in [0, 0.1) is 0 Å². The number of hydrogen-bond donors (Lipinski definition) is 1. The van der Waals surface area contributed by atoms with Gasteiger partial charge in [-0.2, -0.15) is 0 Å². The van der Waals surface area contributed by atoms with Gasteiger partial charge in [0.25, 0.3) is 5.91 Å². The molecule has 1 amide bonds. The van der Waals surface area contributed by atoms with E-state index >= 15 is 0 Å². The monoisotopic (exact) mass is 359 g/mol. The normalized spacial score (nSPS) is 9.96. The largest absolute Gasteiger partial charge is 0.497 e. The first-order valence-electron chi connectivity index (χ1n) is 7.99. The minimum atomic E-state index is -0.632. The second-order valence-corrected chi connectivity index (χ2v) is 5.15. The lowest BCUT2D eigenvalue weighted by Gasteiger charge is -2.11. The van der Waals surface area contributed by atoms with Crippen LogP contribution in [0.25, 0.3) is 0 Å². The molecule has 0 atom stereocenters. The summed E-state index contributed by atoms with van der Waals surface area (Å²) in [5, 5.41) is 2.63. The summed E-state index contributed by atoms with van der Waals surface area (Å²) in [5.74, 6) is 0.474. The van der Waals surface area contributed by atoms with Crippen LogP contribution in [0.5, 0.6) is 17.2 Å². The van der Waals surface area contributed by atoms with Crippen LogP contribution in [0.2, 0.25) is 0 Å². The van der Waals surface area contributed by atoms with E-state index in [1.54, 1.807) is 36.4 Å². The second-order valence-electron chi connectivity index (χ2n) is 5.15. The minimum absolute atomic E-state index is 0.263. The highest BCUT2D eigenvalue weighted by Gasteiger charge is 2.14. The first kappa shape index (κ1) is 19.1. The predicted octanol–water partition coefficient (Wildman–Crippen LogP) is 2.90. The third kappa shape index (κ3) is 5.14. The summed E-state index contributed by atoms with van der Waals surface area (Å²) in [7, 11) is 3.02. The molecular formula is C19H21NO6. The van der Waals surface area contributed by atoms with Gasteiger partial charge < -0.3 is 24.3 Å². The molecule has 0 aliphatic heterocycles. The van der Waals surface area contributed by atoms with Crippen molar-refractivity contribution in [1.29, 1.82) is 0 Å². The van der Waals surface area contributed by atoms with Crippen molar-refractivity contribution in [1.82, 2.24) is 0 Å². The molecule has 0 radical (unpaired) electrons. The lowest BCUT2D eigenvalue weighted by Crippen LogP contribution is -2.21. The molecule has 0 unspecified atom stereocenters. The number of carbonyl (C=O) groups excluding carboxylic acids is 2. The molecule has 138 valence electrons. The van der Waals surface area contributed by atoms with Gasteiger partial charge in [0.15, 0.2) is 18.1 Å². The third-order valence-corrected chi connectivity index (χ3v) is 3.39. The highest BCUT2D eigenvalue weighted by atomic mass is 16.5. The Morgan fingerprint density at radius 1 is 1.00 bits per heavy atom. The Balaban J connectivity index is 1.94. The van der Waals surface area contributed by atoms with E-state index in [1.165, 1.54) is 20.3 Å². The number of methoxy groups -OCH3 is 2. The molecular weight excluding hydrogens is 338 g/mol. The van der Waals surface area contributed by atoms with Gasteiger partial charge in [0, 0.05) is 11.8 Å². The van der Waals surface area contributed by atoms with Crippen molar-refractivity contribution in [3.8, 4) is 17.2 Å². The van der Waals surface area contributed by atoms with E-state index in [0.717, 1.165) is 0 Å². The lowest BCUT2D eigenvalue weighted by atomic mass is 10.2. The Morgan fingerprint density at radius 3 is 2.50 bits per heavy atom. The molecule has 0 aliphatic rings. The van der Waals surface area contributed by atoms with E-state index < -0.39 is 18.5 Å². The zero-order chi connectivity index (χ0) is 18.9. The molecule has 0 bridgehead atoms. The molecule has 7 nitrogen and oxygen atoms in total. The number of hydrogen-bond acceptors (Lipinski definition) is 6. The maximum absolute atomic E-state index is 12.1. The number of amides is 1. The van der Waals surface area contributed by atoms with Crippen LogP contribution < -0.4 is 19.5 Å². The maximum Gasteiger partial charge on any atom is 0.338 e. The Bertz CT molecular complexity index is 774. The molecule has 0 aliphatic carbocycles. The average molecular weight is 359 g/mol. The minimum Gasteiger partial charge on any atom is -0.497 e. The van der Waals surface area contributed by atoms with E-state index in [2.05, 4.69) is 5.32 Å². The van der Waals surface area contributed by atoms with Crippen LogP contribution in [-0.2, 0) is 9.53 Å². The van der Waals surface area contributed by atoms with Gasteiger partial charge in [0.1, 0.15) is 5.75 Å². The van der Waals surface area contributed by atoms with Crippen molar-refractivity contribution in [2.24, 2.45) is 0 Å². The molecule has 2 aromatic carbocycles. The standard InChI is InChI=1S/C19H21NO6/c1-4-25-16-9-8-13(10-17(16)24-3)19(22)26-12-18(21)20-14-6-5-7-15(11-14)23-2/h5-11H,4,12H2,1-3H3,(H,20,21). The van der Waals surface area contributed by atoms with E-state index in [9.17, 15) is 9.59 Å². The van der Waals surface area contributed by atoms with Gasteiger partial charge in [-0.3, -0.25) is 4.79 Å². The number of anilines is 1. The van der Waals surface area contributed by atoms with E-state index in [0.29, 0.717) is 29.5 Å². The van der Waals surface area contributed by atoms with Gasteiger partial charge in [-0.25, -0.2) is 4.79 Å². The number of esters is 1. The first-order chi connectivity index (χ1) is 12.6. The summed E-state index contributed by atoms with van der Waals surface area (Å²) in [5.41, 5.74) is 0.813. The van der Waals surface area contributed by atoms with Gasteiger partial charge in [0.2, 0.25) is 0 Å². The van der Waals surface area contributed by atoms with Crippen molar-refractivity contribution in [3.63, 3.8) is 0 Å². The van der Waals surface area contributed by atoms with Gasteiger partial charge in [0.05, 0.1) is 26.4 Å². The van der Waals surface area contributed by atoms with Crippen LogP contribution in [-0.4, -0.2) is 39.3 Å². The quantitative estimate of drug-likeness (QED) is 0.730. The number of benzene rings is 2. The average Bonchev–Trinajstić information content (AvgIpc) is 2.66. The smallest absolute Gasteiger partial charge is 0.338 e. The lowest BCUT2D eigenvalue weighted by molar-refractivity contribution is -0.119. The molecule has 0 spiro atoms. The van der Waals surface area contributed by atoms with Crippen LogP contribution in [0.15, 0.2) is 42.5 Å². The maximum atomic E-state index is 12.1. The van der Waals surface area contributed by atoms with Crippen LogP contribution in [0.1, 0.15) is 17.3 Å². The Morgan fingerprint density at radius 2 is 1.81 bits per heavy atom. The highest BCUT2D eigenvalue weighted by molar-refractivity contribution is 5.95. The summed E-state index contributed by atoms with van der Waals surface area (Å²) in [6, 6.07) is 11.6. The SMILES string of the molecule is CCOc1ccc(C(=O)OCC(=O)Nc2cccc(OC)c2)cc1OC. The molecule has 0 aromatic heterocycles. The van der Waals surface area contributed by atoms with Crippen LogP contribution in [0.4, 0.5) is 5.69 Å². The van der Waals surface area contributed by atoms with Crippen molar-refractivity contribution < 1.29 is 28.5 Å². The summed E-state index contributed by atoms with van der Waals surface area (Å²) in [6.07, 6.45) is 0. The predicted molar refractivity (Wildman–Crippen MR) is 96.1 cm³/mol.